The number of carbonyl (C=O) groups excluding carboxylic acids is 1. The van der Waals surface area contributed by atoms with Crippen LogP contribution in [0.5, 0.6) is 5.75 Å². The molecular formula is C24H25F3N2O3S. The molecule has 0 radical (unpaired) electrons. The van der Waals surface area contributed by atoms with Gasteiger partial charge in [0, 0.05) is 30.2 Å². The van der Waals surface area contributed by atoms with Gasteiger partial charge >= 0.3 is 12.1 Å². The number of halogens is 3. The van der Waals surface area contributed by atoms with Gasteiger partial charge in [0.25, 0.3) is 0 Å². The largest absolute Gasteiger partial charge is 0.481 e. The van der Waals surface area contributed by atoms with Crippen molar-refractivity contribution in [3.05, 3.63) is 70.2 Å². The molecule has 0 bridgehead atoms. The number of nitrogens with zero attached hydrogens (tertiary/aromatic N) is 1. The van der Waals surface area contributed by atoms with E-state index >= 15 is 0 Å². The van der Waals surface area contributed by atoms with E-state index in [-0.39, 0.29) is 11.3 Å². The van der Waals surface area contributed by atoms with Crippen molar-refractivity contribution in [2.24, 2.45) is 0 Å². The number of rotatable bonds is 8. The van der Waals surface area contributed by atoms with Crippen LogP contribution in [-0.2, 0) is 28.8 Å². The van der Waals surface area contributed by atoms with Gasteiger partial charge in [-0.05, 0) is 56.2 Å². The highest BCUT2D eigenvalue weighted by molar-refractivity contribution is 7.09. The molecule has 0 unspecified atom stereocenters. The first kappa shape index (κ1) is 24.7. The van der Waals surface area contributed by atoms with E-state index < -0.39 is 29.9 Å². The molecule has 1 aromatic heterocycles. The Kier molecular flexibility index (Phi) is 7.76. The van der Waals surface area contributed by atoms with Gasteiger partial charge < -0.3 is 14.8 Å². The van der Waals surface area contributed by atoms with Crippen molar-refractivity contribution in [1.29, 1.82) is 0 Å². The van der Waals surface area contributed by atoms with Gasteiger partial charge in [0.05, 0.1) is 5.56 Å². The maximum atomic E-state index is 13.4. The molecule has 33 heavy (non-hydrogen) atoms. The first-order valence-electron chi connectivity index (χ1n) is 10.3. The van der Waals surface area contributed by atoms with E-state index in [1.54, 1.807) is 56.5 Å². The molecule has 3 rings (SSSR count). The van der Waals surface area contributed by atoms with E-state index in [4.69, 9.17) is 9.47 Å². The highest BCUT2D eigenvalue weighted by Gasteiger charge is 2.31. The normalized spacial score (nSPS) is 11.9. The zero-order valence-electron chi connectivity index (χ0n) is 18.5. The Hall–Kier alpha value is -2.91. The summed E-state index contributed by atoms with van der Waals surface area (Å²) >= 11 is 1.54. The average molecular weight is 479 g/mol. The van der Waals surface area contributed by atoms with E-state index in [1.165, 1.54) is 6.07 Å². The van der Waals surface area contributed by atoms with Crippen molar-refractivity contribution in [3.63, 3.8) is 0 Å². The quantitative estimate of drug-likeness (QED) is 0.412. The van der Waals surface area contributed by atoms with Gasteiger partial charge in [0.15, 0.2) is 6.61 Å². The van der Waals surface area contributed by atoms with Crippen LogP contribution in [0.15, 0.2) is 54.0 Å². The minimum atomic E-state index is -4.51. The van der Waals surface area contributed by atoms with E-state index in [0.717, 1.165) is 22.7 Å². The van der Waals surface area contributed by atoms with Gasteiger partial charge in [-0.2, -0.15) is 13.2 Å². The molecule has 0 spiro atoms. The highest BCUT2D eigenvalue weighted by atomic mass is 32.1. The Morgan fingerprint density at radius 3 is 2.55 bits per heavy atom. The smallest absolute Gasteiger partial charge is 0.416 e. The number of hydrogen-bond acceptors (Lipinski definition) is 6. The predicted octanol–water partition coefficient (Wildman–Crippen LogP) is 5.84. The van der Waals surface area contributed by atoms with Crippen LogP contribution in [0.25, 0.3) is 11.1 Å². The van der Waals surface area contributed by atoms with Crippen molar-refractivity contribution in [2.45, 2.75) is 45.6 Å². The van der Waals surface area contributed by atoms with Crippen molar-refractivity contribution in [1.82, 2.24) is 10.3 Å². The molecule has 2 aromatic carbocycles. The number of aromatic nitrogens is 1. The summed E-state index contributed by atoms with van der Waals surface area (Å²) in [5.74, 6) is -0.435. The second-order valence-electron chi connectivity index (χ2n) is 8.31. The molecular weight excluding hydrogens is 453 g/mol. The van der Waals surface area contributed by atoms with Gasteiger partial charge in [0.1, 0.15) is 16.4 Å². The lowest BCUT2D eigenvalue weighted by Gasteiger charge is -2.20. The van der Waals surface area contributed by atoms with E-state index in [2.05, 4.69) is 10.3 Å². The molecule has 0 saturated heterocycles. The summed E-state index contributed by atoms with van der Waals surface area (Å²) in [6.07, 6.45) is -2.78. The van der Waals surface area contributed by atoms with Crippen LogP contribution in [0.4, 0.5) is 13.2 Å². The summed E-state index contributed by atoms with van der Waals surface area (Å²) in [4.78, 5) is 16.2. The molecule has 1 N–H and O–H groups in total. The number of thiazole rings is 1. The lowest BCUT2D eigenvalue weighted by molar-refractivity contribution is -0.157. The van der Waals surface area contributed by atoms with E-state index in [9.17, 15) is 18.0 Å². The Bertz CT molecular complexity index is 1080. The molecule has 176 valence electrons. The van der Waals surface area contributed by atoms with Crippen molar-refractivity contribution < 1.29 is 27.4 Å². The van der Waals surface area contributed by atoms with Crippen LogP contribution in [0, 0.1) is 0 Å². The lowest BCUT2D eigenvalue weighted by atomic mass is 9.99. The third kappa shape index (κ3) is 7.57. The first-order chi connectivity index (χ1) is 15.5. The van der Waals surface area contributed by atoms with Crippen LogP contribution >= 0.6 is 11.3 Å². The SMILES string of the molecule is CC(C)(C)OC(=O)COc1ccc(C(F)(F)F)cc1-c1cccc(CNCc2nccs2)c1. The molecule has 0 aliphatic carbocycles. The summed E-state index contributed by atoms with van der Waals surface area (Å²) < 4.78 is 50.9. The van der Waals surface area contributed by atoms with Crippen LogP contribution in [0.2, 0.25) is 0 Å². The fourth-order valence-electron chi connectivity index (χ4n) is 3.07. The van der Waals surface area contributed by atoms with Crippen molar-refractivity contribution >= 4 is 17.3 Å². The topological polar surface area (TPSA) is 60.5 Å². The minimum absolute atomic E-state index is 0.168. The van der Waals surface area contributed by atoms with Crippen LogP contribution in [-0.4, -0.2) is 23.2 Å². The maximum absolute atomic E-state index is 13.4. The maximum Gasteiger partial charge on any atom is 0.416 e. The molecule has 1 heterocycles. The van der Waals surface area contributed by atoms with Gasteiger partial charge in [-0.1, -0.05) is 18.2 Å². The predicted molar refractivity (Wildman–Crippen MR) is 121 cm³/mol. The number of carbonyl (C=O) groups is 1. The number of alkyl halides is 3. The summed E-state index contributed by atoms with van der Waals surface area (Å²) in [7, 11) is 0. The molecule has 0 fully saturated rings. The third-order valence-corrected chi connectivity index (χ3v) is 5.18. The van der Waals surface area contributed by atoms with Crippen LogP contribution < -0.4 is 10.1 Å². The number of hydrogen-bond donors (Lipinski definition) is 1. The first-order valence-corrected chi connectivity index (χ1v) is 11.1. The van der Waals surface area contributed by atoms with Crippen molar-refractivity contribution in [2.75, 3.05) is 6.61 Å². The van der Waals surface area contributed by atoms with Gasteiger partial charge in [0.2, 0.25) is 0 Å². The number of benzene rings is 2. The molecule has 0 aliphatic rings. The van der Waals surface area contributed by atoms with E-state index in [1.807, 2.05) is 11.4 Å². The fraction of sp³-hybridized carbons (Fsp3) is 0.333. The number of nitrogens with one attached hydrogen (secondary N) is 1. The molecule has 0 aliphatic heterocycles. The number of ether oxygens (including phenoxy) is 2. The molecule has 9 heteroatoms. The zero-order chi connectivity index (χ0) is 24.1. The standard InChI is InChI=1S/C24H25F3N2O3S/c1-23(2,3)32-22(30)15-31-20-8-7-18(24(25,26)27)12-19(20)17-6-4-5-16(11-17)13-28-14-21-29-9-10-33-21/h4-12,28H,13-15H2,1-3H3. The molecule has 5 nitrogen and oxygen atoms in total. The van der Waals surface area contributed by atoms with Crippen molar-refractivity contribution in [3.8, 4) is 16.9 Å². The summed E-state index contributed by atoms with van der Waals surface area (Å²) in [5.41, 5.74) is 0.196. The van der Waals surface area contributed by atoms with Gasteiger partial charge in [-0.3, -0.25) is 0 Å². The minimum Gasteiger partial charge on any atom is -0.481 e. The lowest BCUT2D eigenvalue weighted by Crippen LogP contribution is -2.27. The van der Waals surface area contributed by atoms with Crippen LogP contribution in [0.3, 0.4) is 0 Å². The van der Waals surface area contributed by atoms with Gasteiger partial charge in [-0.25, -0.2) is 9.78 Å². The monoisotopic (exact) mass is 478 g/mol. The zero-order valence-corrected chi connectivity index (χ0v) is 19.3. The second kappa shape index (κ2) is 10.4. The van der Waals surface area contributed by atoms with Crippen LogP contribution in [0.1, 0.15) is 36.9 Å². The summed E-state index contributed by atoms with van der Waals surface area (Å²) in [5, 5.41) is 6.11. The van der Waals surface area contributed by atoms with Gasteiger partial charge in [-0.15, -0.1) is 11.3 Å². The molecule has 0 saturated carbocycles. The summed E-state index contributed by atoms with van der Waals surface area (Å²) in [6.45, 7) is 5.87. The summed E-state index contributed by atoms with van der Waals surface area (Å²) in [6, 6.07) is 10.4. The third-order valence-electron chi connectivity index (χ3n) is 4.40. The Morgan fingerprint density at radius 2 is 1.88 bits per heavy atom. The Morgan fingerprint density at radius 1 is 1.09 bits per heavy atom. The molecule has 0 atom stereocenters. The Labute approximate surface area is 194 Å². The molecule has 0 amide bonds. The highest BCUT2D eigenvalue weighted by Crippen LogP contribution is 2.37. The Balaban J connectivity index is 1.82. The second-order valence-corrected chi connectivity index (χ2v) is 9.29. The average Bonchev–Trinajstić information content (AvgIpc) is 3.24. The van der Waals surface area contributed by atoms with E-state index in [0.29, 0.717) is 18.7 Å². The molecule has 3 aromatic rings. The fourth-order valence-corrected chi connectivity index (χ4v) is 3.65. The number of esters is 1.